The van der Waals surface area contributed by atoms with E-state index < -0.39 is 10.8 Å². The highest BCUT2D eigenvalue weighted by Crippen LogP contribution is 2.65. The fourth-order valence-corrected chi connectivity index (χ4v) is 14.6. The maximum atomic E-state index is 2.58. The normalized spacial score (nSPS) is 14.2. The molecule has 13 aromatic rings. The van der Waals surface area contributed by atoms with Crippen LogP contribution in [0.4, 0.5) is 17.1 Å². The predicted molar refractivity (Wildman–Crippen MR) is 306 cm³/mol. The minimum absolute atomic E-state index is 0.482. The van der Waals surface area contributed by atoms with Gasteiger partial charge in [0.15, 0.2) is 0 Å². The first-order valence-corrected chi connectivity index (χ1v) is 25.9. The van der Waals surface area contributed by atoms with Gasteiger partial charge in [0.1, 0.15) is 0 Å². The van der Waals surface area contributed by atoms with E-state index in [1.807, 2.05) is 0 Å². The molecule has 0 saturated heterocycles. The molecule has 2 nitrogen and oxygen atoms in total. The van der Waals surface area contributed by atoms with Crippen LogP contribution >= 0.6 is 0 Å². The highest BCUT2D eigenvalue weighted by atomic mass is 15.1. The molecule has 1 aliphatic heterocycles. The molecule has 12 aromatic carbocycles. The number of hydrogen-bond acceptors (Lipinski definition) is 1. The summed E-state index contributed by atoms with van der Waals surface area (Å²) in [6, 6.07) is 101. The Morgan fingerprint density at radius 2 is 0.703 bits per heavy atom. The predicted octanol–water partition coefficient (Wildman–Crippen LogP) is 18.1. The van der Waals surface area contributed by atoms with Gasteiger partial charge in [0.25, 0.3) is 0 Å². The van der Waals surface area contributed by atoms with Crippen molar-refractivity contribution >= 4 is 49.6 Å². The molecule has 2 heterocycles. The van der Waals surface area contributed by atoms with Gasteiger partial charge in [-0.25, -0.2) is 0 Å². The van der Waals surface area contributed by atoms with Crippen molar-refractivity contribution < 1.29 is 0 Å². The Bertz CT molecular complexity index is 4450. The molecule has 0 unspecified atom stereocenters. The van der Waals surface area contributed by atoms with Gasteiger partial charge in [0.2, 0.25) is 0 Å². The van der Waals surface area contributed by atoms with Crippen LogP contribution in [0, 0.1) is 0 Å². The third-order valence-electron chi connectivity index (χ3n) is 17.4. The molecule has 1 aromatic heterocycles. The molecule has 0 amide bonds. The number of nitrogens with zero attached hydrogens (tertiary/aromatic N) is 2. The Morgan fingerprint density at radius 1 is 0.270 bits per heavy atom. The summed E-state index contributed by atoms with van der Waals surface area (Å²) in [5, 5.41) is 5.03. The van der Waals surface area contributed by atoms with Crippen molar-refractivity contribution in [1.82, 2.24) is 4.57 Å². The summed E-state index contributed by atoms with van der Waals surface area (Å²) in [5.41, 5.74) is 26.8. The van der Waals surface area contributed by atoms with E-state index in [1.54, 1.807) is 0 Å². The third kappa shape index (κ3) is 4.91. The SMILES string of the molecule is c1ccc2c(c1)-c1ccccc1C21c2ccccc2-c2ccc(N(c3ccc(-c4cccc5ccccc45)cc3)c3ccc4c(c3)-n3c5ccccc5c5cccc(c53)C43c4ccccc4-c4ccccc43)cc21. The van der Waals surface area contributed by atoms with Crippen LogP contribution in [0.25, 0.3) is 82.8 Å². The van der Waals surface area contributed by atoms with E-state index in [2.05, 4.69) is 276 Å². The van der Waals surface area contributed by atoms with Crippen molar-refractivity contribution in [2.75, 3.05) is 4.90 Å². The molecule has 4 aliphatic rings. The van der Waals surface area contributed by atoms with E-state index in [0.717, 1.165) is 17.1 Å². The van der Waals surface area contributed by atoms with Crippen molar-refractivity contribution in [2.24, 2.45) is 0 Å². The highest BCUT2D eigenvalue weighted by molar-refractivity contribution is 6.13. The maximum Gasteiger partial charge on any atom is 0.0754 e. The molecule has 0 saturated carbocycles. The van der Waals surface area contributed by atoms with E-state index in [9.17, 15) is 0 Å². The van der Waals surface area contributed by atoms with Gasteiger partial charge in [-0.3, -0.25) is 0 Å². The van der Waals surface area contributed by atoms with Gasteiger partial charge in [-0.15, -0.1) is 0 Å². The number of hydrogen-bond donors (Lipinski definition) is 0. The number of anilines is 3. The highest BCUT2D eigenvalue weighted by Gasteiger charge is 2.53. The van der Waals surface area contributed by atoms with Crippen LogP contribution in [0.3, 0.4) is 0 Å². The zero-order valence-corrected chi connectivity index (χ0v) is 40.3. The smallest absolute Gasteiger partial charge is 0.0754 e. The zero-order chi connectivity index (χ0) is 48.3. The summed E-state index contributed by atoms with van der Waals surface area (Å²) >= 11 is 0. The average molecular weight is 937 g/mol. The van der Waals surface area contributed by atoms with Crippen LogP contribution in [-0.2, 0) is 10.8 Å². The fourth-order valence-electron chi connectivity index (χ4n) is 14.6. The molecular weight excluding hydrogens is 893 g/mol. The molecule has 0 radical (unpaired) electrons. The van der Waals surface area contributed by atoms with Crippen LogP contribution in [0.15, 0.2) is 267 Å². The van der Waals surface area contributed by atoms with Crippen molar-refractivity contribution in [2.45, 2.75) is 10.8 Å². The minimum Gasteiger partial charge on any atom is -0.310 e. The Hall–Kier alpha value is -9.50. The average Bonchev–Trinajstić information content (AvgIpc) is 4.16. The summed E-state index contributed by atoms with van der Waals surface area (Å²) in [6.45, 7) is 0. The van der Waals surface area contributed by atoms with E-state index in [-0.39, 0.29) is 0 Å². The maximum absolute atomic E-state index is 2.58. The second-order valence-corrected chi connectivity index (χ2v) is 20.6. The van der Waals surface area contributed by atoms with E-state index in [1.165, 1.54) is 127 Å². The summed E-state index contributed by atoms with van der Waals surface area (Å²) in [6.07, 6.45) is 0. The summed E-state index contributed by atoms with van der Waals surface area (Å²) in [5.74, 6) is 0. The molecule has 74 heavy (non-hydrogen) atoms. The van der Waals surface area contributed by atoms with Crippen LogP contribution in [-0.4, -0.2) is 4.57 Å². The molecule has 2 spiro atoms. The number of aromatic nitrogens is 1. The van der Waals surface area contributed by atoms with Crippen molar-refractivity contribution in [1.29, 1.82) is 0 Å². The largest absolute Gasteiger partial charge is 0.310 e. The number of fused-ring (bicyclic) bond motifs is 23. The molecule has 0 N–H and O–H groups in total. The first-order chi connectivity index (χ1) is 36.7. The van der Waals surface area contributed by atoms with Gasteiger partial charge in [-0.05, 0) is 142 Å². The quantitative estimate of drug-likeness (QED) is 0.171. The number of para-hydroxylation sites is 2. The summed E-state index contributed by atoms with van der Waals surface area (Å²) in [4.78, 5) is 2.52. The Kier molecular flexibility index (Phi) is 7.90. The van der Waals surface area contributed by atoms with Gasteiger partial charge in [0, 0.05) is 27.8 Å². The summed E-state index contributed by atoms with van der Waals surface area (Å²) in [7, 11) is 0. The van der Waals surface area contributed by atoms with Gasteiger partial charge >= 0.3 is 0 Å². The van der Waals surface area contributed by atoms with Crippen LogP contribution < -0.4 is 4.90 Å². The zero-order valence-electron chi connectivity index (χ0n) is 40.3. The van der Waals surface area contributed by atoms with Gasteiger partial charge in [-0.1, -0.05) is 224 Å². The number of benzene rings is 12. The fraction of sp³-hybridized carbons (Fsp3) is 0.0278. The van der Waals surface area contributed by atoms with Crippen LogP contribution in [0.2, 0.25) is 0 Å². The standard InChI is InChI=1S/C72H44N2/c1-2-19-50-45(17-1)18-15-26-51(50)46-35-37-47(38-36-46)73(48-39-41-57-56-24-7-11-30-62(56)71(67(57)43-48)60-28-9-3-20-52(60)53-21-4-10-29-61(53)71)49-40-42-65-69(44-49)74-68-34-14-8-25-58(68)59-27-16-33-66(70(59)74)72(65)63-31-12-5-22-54(63)55-23-6-13-32-64(55)72/h1-44H. The van der Waals surface area contributed by atoms with Crippen molar-refractivity contribution in [3.05, 3.63) is 311 Å². The second kappa shape index (κ2) is 14.6. The van der Waals surface area contributed by atoms with Gasteiger partial charge in [-0.2, -0.15) is 0 Å². The number of rotatable bonds is 4. The lowest BCUT2D eigenvalue weighted by Gasteiger charge is -2.40. The molecule has 0 fully saturated rings. The van der Waals surface area contributed by atoms with Gasteiger partial charge in [0.05, 0.1) is 27.6 Å². The monoisotopic (exact) mass is 936 g/mol. The van der Waals surface area contributed by atoms with E-state index in [0.29, 0.717) is 0 Å². The summed E-state index contributed by atoms with van der Waals surface area (Å²) < 4.78 is 2.58. The molecule has 3 aliphatic carbocycles. The molecule has 0 atom stereocenters. The lowest BCUT2D eigenvalue weighted by Crippen LogP contribution is -2.33. The molecule has 0 bridgehead atoms. The lowest BCUT2D eigenvalue weighted by atomic mass is 9.65. The van der Waals surface area contributed by atoms with E-state index in [4.69, 9.17) is 0 Å². The van der Waals surface area contributed by atoms with Gasteiger partial charge < -0.3 is 9.47 Å². The van der Waals surface area contributed by atoms with Crippen molar-refractivity contribution in [3.8, 4) is 50.2 Å². The van der Waals surface area contributed by atoms with E-state index >= 15 is 0 Å². The molecule has 342 valence electrons. The first-order valence-electron chi connectivity index (χ1n) is 25.9. The first kappa shape index (κ1) is 40.1. The Morgan fingerprint density at radius 3 is 1.34 bits per heavy atom. The van der Waals surface area contributed by atoms with Crippen molar-refractivity contribution in [3.63, 3.8) is 0 Å². The van der Waals surface area contributed by atoms with Crippen LogP contribution in [0.1, 0.15) is 44.5 Å². The topological polar surface area (TPSA) is 8.17 Å². The third-order valence-corrected chi connectivity index (χ3v) is 17.4. The molecule has 2 heteroatoms. The Balaban J connectivity index is 0.952. The van der Waals surface area contributed by atoms with Crippen LogP contribution in [0.5, 0.6) is 0 Å². The minimum atomic E-state index is -0.537. The lowest BCUT2D eigenvalue weighted by molar-refractivity contribution is 0.748. The Labute approximate surface area is 429 Å². The molecule has 17 rings (SSSR count). The molecular formula is C72H44N2. The second-order valence-electron chi connectivity index (χ2n) is 20.6.